The highest BCUT2D eigenvalue weighted by molar-refractivity contribution is 5.92. The average molecular weight is 517 g/mol. The largest absolute Gasteiger partial charge is 0.463 e. The number of carbonyl (C=O) groups is 3. The Morgan fingerprint density at radius 3 is 2.03 bits per heavy atom. The number of nitrogens with two attached hydrogens (primary N) is 1. The quantitative estimate of drug-likeness (QED) is 0.201. The first-order valence-corrected chi connectivity index (χ1v) is 12.9. The molecule has 3 N–H and O–H groups in total. The van der Waals surface area contributed by atoms with Crippen molar-refractivity contribution < 1.29 is 19.1 Å². The lowest BCUT2D eigenvalue weighted by Crippen LogP contribution is -2.63. The first-order valence-electron chi connectivity index (χ1n) is 12.9. The Kier molecular flexibility index (Phi) is 11.5. The fourth-order valence-electron chi connectivity index (χ4n) is 4.59. The number of hydrogen-bond donors (Lipinski definition) is 2. The lowest BCUT2D eigenvalue weighted by Gasteiger charge is -2.41. The summed E-state index contributed by atoms with van der Waals surface area (Å²) in [7, 11) is 3.36. The van der Waals surface area contributed by atoms with Crippen LogP contribution in [0.15, 0.2) is 42.0 Å². The Labute approximate surface area is 223 Å². The van der Waals surface area contributed by atoms with Gasteiger partial charge in [0.1, 0.15) is 12.1 Å². The predicted molar refractivity (Wildman–Crippen MR) is 148 cm³/mol. The van der Waals surface area contributed by atoms with Gasteiger partial charge in [-0.3, -0.25) is 15.4 Å². The highest BCUT2D eigenvalue weighted by Crippen LogP contribution is 2.30. The average Bonchev–Trinajstić information content (AvgIpc) is 2.79. The second-order valence-corrected chi connectivity index (χ2v) is 11.7. The van der Waals surface area contributed by atoms with E-state index in [4.69, 9.17) is 10.6 Å². The van der Waals surface area contributed by atoms with Gasteiger partial charge in [-0.05, 0) is 30.7 Å². The van der Waals surface area contributed by atoms with Gasteiger partial charge in [0.25, 0.3) is 0 Å². The van der Waals surface area contributed by atoms with Gasteiger partial charge in [0.15, 0.2) is 0 Å². The zero-order chi connectivity index (χ0) is 28.7. The molecular weight excluding hydrogens is 468 g/mol. The first-order chi connectivity index (χ1) is 17.0. The summed E-state index contributed by atoms with van der Waals surface area (Å²) in [6.07, 6.45) is 1.76. The maximum Gasteiger partial charge on any atom is 0.333 e. The van der Waals surface area contributed by atoms with E-state index in [1.807, 2.05) is 78.8 Å². The van der Waals surface area contributed by atoms with E-state index < -0.39 is 28.9 Å². The fraction of sp³-hybridized carbons (Fsp3) is 0.621. The van der Waals surface area contributed by atoms with E-state index in [2.05, 4.69) is 5.32 Å². The van der Waals surface area contributed by atoms with Gasteiger partial charge in [0, 0.05) is 25.1 Å². The number of esters is 1. The Hall–Kier alpha value is -2.71. The third-order valence-electron chi connectivity index (χ3n) is 6.75. The van der Waals surface area contributed by atoms with E-state index in [9.17, 15) is 14.4 Å². The monoisotopic (exact) mass is 516 g/mol. The molecular formula is C29H48N4O4. The molecule has 0 saturated heterocycles. The van der Waals surface area contributed by atoms with Crippen LogP contribution in [0.1, 0.15) is 67.9 Å². The van der Waals surface area contributed by atoms with Crippen LogP contribution in [-0.2, 0) is 24.5 Å². The van der Waals surface area contributed by atoms with Gasteiger partial charge in [0.2, 0.25) is 11.8 Å². The molecule has 1 aromatic carbocycles. The van der Waals surface area contributed by atoms with Crippen LogP contribution in [0.3, 0.4) is 0 Å². The Bertz CT molecular complexity index is 948. The number of rotatable bonds is 11. The molecule has 0 radical (unpaired) electrons. The van der Waals surface area contributed by atoms with Gasteiger partial charge < -0.3 is 15.0 Å². The minimum absolute atomic E-state index is 0.0228. The Balaban J connectivity index is 3.35. The molecule has 0 fully saturated rings. The van der Waals surface area contributed by atoms with Crippen LogP contribution in [0, 0.1) is 11.3 Å². The molecule has 0 aliphatic heterocycles. The SMILES string of the molecule is CCOC(=O)/C(C)=C/C(C(C)C)N(C)C(=O)C(NC(=O)C(N(C)N)C(C)(C)c1ccccc1)C(C)(C)C. The number of carbonyl (C=O) groups excluding carboxylic acids is 3. The normalized spacial score (nSPS) is 15.2. The first kappa shape index (κ1) is 32.3. The van der Waals surface area contributed by atoms with E-state index in [1.165, 1.54) is 5.01 Å². The molecule has 1 aromatic rings. The molecule has 37 heavy (non-hydrogen) atoms. The standard InChI is InChI=1S/C29H48N4O4/c1-12-37-27(36)20(4)18-22(19(2)3)32(10)26(35)23(28(5,6)7)31-25(34)24(33(11)30)29(8,9)21-16-14-13-15-17-21/h13-19,22-24H,12,30H2,1-11H3,(H,31,34)/b20-18+. The molecule has 0 aliphatic rings. The topological polar surface area (TPSA) is 105 Å². The van der Waals surface area contributed by atoms with Crippen molar-refractivity contribution in [1.82, 2.24) is 15.2 Å². The number of likely N-dealkylation sites (N-methyl/N-ethyl adjacent to an activating group) is 2. The van der Waals surface area contributed by atoms with Crippen molar-refractivity contribution in [1.29, 1.82) is 0 Å². The van der Waals surface area contributed by atoms with E-state index in [1.54, 1.807) is 38.9 Å². The molecule has 3 atom stereocenters. The molecule has 208 valence electrons. The van der Waals surface area contributed by atoms with Crippen LogP contribution in [-0.4, -0.2) is 66.5 Å². The molecule has 8 nitrogen and oxygen atoms in total. The smallest absolute Gasteiger partial charge is 0.333 e. The van der Waals surface area contributed by atoms with E-state index in [0.29, 0.717) is 5.57 Å². The maximum atomic E-state index is 13.9. The summed E-state index contributed by atoms with van der Waals surface area (Å²) < 4.78 is 5.11. The van der Waals surface area contributed by atoms with Gasteiger partial charge in [-0.1, -0.05) is 84.9 Å². The second kappa shape index (κ2) is 13.2. The van der Waals surface area contributed by atoms with Gasteiger partial charge in [-0.2, -0.15) is 0 Å². The summed E-state index contributed by atoms with van der Waals surface area (Å²) in [6, 6.07) is 7.79. The molecule has 0 saturated carbocycles. The molecule has 0 bridgehead atoms. The number of amides is 2. The minimum atomic E-state index is -0.823. The predicted octanol–water partition coefficient (Wildman–Crippen LogP) is 3.66. The number of nitrogens with zero attached hydrogens (tertiary/aromatic N) is 2. The highest BCUT2D eigenvalue weighted by atomic mass is 16.5. The van der Waals surface area contributed by atoms with E-state index in [0.717, 1.165) is 5.56 Å². The molecule has 8 heteroatoms. The Morgan fingerprint density at radius 1 is 1.05 bits per heavy atom. The van der Waals surface area contributed by atoms with Crippen LogP contribution < -0.4 is 11.2 Å². The van der Waals surface area contributed by atoms with Crippen LogP contribution >= 0.6 is 0 Å². The minimum Gasteiger partial charge on any atom is -0.463 e. The second-order valence-electron chi connectivity index (χ2n) is 11.7. The van der Waals surface area contributed by atoms with Crippen molar-refractivity contribution >= 4 is 17.8 Å². The summed E-state index contributed by atoms with van der Waals surface area (Å²) in [4.78, 5) is 41.5. The van der Waals surface area contributed by atoms with Crippen molar-refractivity contribution in [2.45, 2.75) is 85.9 Å². The molecule has 2 amide bonds. The third-order valence-corrected chi connectivity index (χ3v) is 6.75. The summed E-state index contributed by atoms with van der Waals surface area (Å²) in [5.41, 5.74) is 0.178. The molecule has 0 heterocycles. The molecule has 3 unspecified atom stereocenters. The summed E-state index contributed by atoms with van der Waals surface area (Å²) >= 11 is 0. The van der Waals surface area contributed by atoms with Crippen molar-refractivity contribution in [2.75, 3.05) is 20.7 Å². The van der Waals surface area contributed by atoms with Crippen molar-refractivity contribution in [3.05, 3.63) is 47.5 Å². The number of ether oxygens (including phenoxy) is 1. The lowest BCUT2D eigenvalue weighted by atomic mass is 9.76. The lowest BCUT2D eigenvalue weighted by molar-refractivity contribution is -0.142. The zero-order valence-corrected chi connectivity index (χ0v) is 24.6. The van der Waals surface area contributed by atoms with Crippen LogP contribution in [0.2, 0.25) is 0 Å². The summed E-state index contributed by atoms with van der Waals surface area (Å²) in [5.74, 6) is 5.24. The van der Waals surface area contributed by atoms with Crippen LogP contribution in [0.4, 0.5) is 0 Å². The van der Waals surface area contributed by atoms with Crippen LogP contribution in [0.25, 0.3) is 0 Å². The number of benzene rings is 1. The fourth-order valence-corrected chi connectivity index (χ4v) is 4.59. The van der Waals surface area contributed by atoms with Gasteiger partial charge in [-0.25, -0.2) is 9.80 Å². The molecule has 0 spiro atoms. The highest BCUT2D eigenvalue weighted by Gasteiger charge is 2.43. The van der Waals surface area contributed by atoms with E-state index >= 15 is 0 Å². The number of hydrazine groups is 1. The molecule has 0 aromatic heterocycles. The summed E-state index contributed by atoms with van der Waals surface area (Å²) in [6.45, 7) is 17.4. The molecule has 1 rings (SSSR count). The Morgan fingerprint density at radius 2 is 1.59 bits per heavy atom. The van der Waals surface area contributed by atoms with Crippen molar-refractivity contribution in [2.24, 2.45) is 17.2 Å². The maximum absolute atomic E-state index is 13.9. The van der Waals surface area contributed by atoms with E-state index in [-0.39, 0.29) is 30.4 Å². The van der Waals surface area contributed by atoms with Crippen LogP contribution in [0.5, 0.6) is 0 Å². The number of hydrogen-bond acceptors (Lipinski definition) is 6. The van der Waals surface area contributed by atoms with Gasteiger partial charge >= 0.3 is 5.97 Å². The molecule has 0 aliphatic carbocycles. The zero-order valence-electron chi connectivity index (χ0n) is 24.6. The summed E-state index contributed by atoms with van der Waals surface area (Å²) in [5, 5.41) is 4.42. The van der Waals surface area contributed by atoms with Gasteiger partial charge in [0.05, 0.1) is 12.6 Å². The van der Waals surface area contributed by atoms with Gasteiger partial charge in [-0.15, -0.1) is 0 Å². The van der Waals surface area contributed by atoms with Crippen molar-refractivity contribution in [3.8, 4) is 0 Å². The number of nitrogens with one attached hydrogen (secondary N) is 1. The van der Waals surface area contributed by atoms with Crippen molar-refractivity contribution in [3.63, 3.8) is 0 Å². The third kappa shape index (κ3) is 8.40.